The van der Waals surface area contributed by atoms with Crippen molar-refractivity contribution in [1.29, 1.82) is 0 Å². The maximum atomic E-state index is 12.3. The lowest BCUT2D eigenvalue weighted by atomic mass is 9.77. The Bertz CT molecular complexity index is 489. The first-order valence-electron chi connectivity index (χ1n) is 6.96. The summed E-state index contributed by atoms with van der Waals surface area (Å²) in [7, 11) is 0. The van der Waals surface area contributed by atoms with Crippen molar-refractivity contribution < 1.29 is 9.53 Å². The molecule has 0 spiro atoms. The number of ether oxygens (including phenoxy) is 1. The van der Waals surface area contributed by atoms with E-state index in [1.165, 1.54) is 6.42 Å². The molecule has 5 heteroatoms. The number of hydrogen-bond acceptors (Lipinski definition) is 3. The largest absolute Gasteiger partial charge is 0.493 e. The maximum Gasteiger partial charge on any atom is 0.227 e. The average Bonchev–Trinajstić information content (AvgIpc) is 2.42. The van der Waals surface area contributed by atoms with Crippen molar-refractivity contribution in [1.82, 2.24) is 5.32 Å². The fourth-order valence-electron chi connectivity index (χ4n) is 2.81. The molecule has 1 fully saturated rings. The minimum atomic E-state index is -0.166. The molecule has 0 radical (unpaired) electrons. The minimum absolute atomic E-state index is 0. The molecule has 1 aromatic carbocycles. The topological polar surface area (TPSA) is 64.3 Å². The molecule has 20 heavy (non-hydrogen) atoms. The standard InChI is InChI=1S/C15H20N2O2.ClH/c16-15(7-3-8-15)10-17-14(18)12-6-9-19-13-5-2-1-4-11(12)13;/h1-2,4-5,12H,3,6-10,16H2,(H,17,18);1H. The van der Waals surface area contributed by atoms with Crippen LogP contribution >= 0.6 is 12.4 Å². The molecule has 1 unspecified atom stereocenters. The van der Waals surface area contributed by atoms with E-state index in [1.807, 2.05) is 24.3 Å². The van der Waals surface area contributed by atoms with Gasteiger partial charge in [0, 0.05) is 17.6 Å². The number of carbonyl (C=O) groups is 1. The molecule has 2 aliphatic rings. The summed E-state index contributed by atoms with van der Waals surface area (Å²) in [5.74, 6) is 0.807. The minimum Gasteiger partial charge on any atom is -0.493 e. The van der Waals surface area contributed by atoms with Crippen molar-refractivity contribution in [3.63, 3.8) is 0 Å². The normalized spacial score (nSPS) is 22.6. The summed E-state index contributed by atoms with van der Waals surface area (Å²) < 4.78 is 5.58. The lowest BCUT2D eigenvalue weighted by Gasteiger charge is -2.38. The van der Waals surface area contributed by atoms with Crippen LogP contribution in [0, 0.1) is 0 Å². The SMILES string of the molecule is Cl.NC1(CNC(=O)C2CCOc3ccccc32)CCC1. The fourth-order valence-corrected chi connectivity index (χ4v) is 2.81. The number of amides is 1. The Kier molecular flexibility index (Phi) is 4.55. The third-order valence-electron chi connectivity index (χ3n) is 4.24. The summed E-state index contributed by atoms with van der Waals surface area (Å²) in [5, 5.41) is 3.02. The van der Waals surface area contributed by atoms with Gasteiger partial charge in [-0.2, -0.15) is 0 Å². The van der Waals surface area contributed by atoms with Crippen molar-refractivity contribution in [2.75, 3.05) is 13.2 Å². The number of halogens is 1. The van der Waals surface area contributed by atoms with Gasteiger partial charge < -0.3 is 15.8 Å². The van der Waals surface area contributed by atoms with Gasteiger partial charge in [0.25, 0.3) is 0 Å². The molecule has 1 aliphatic carbocycles. The van der Waals surface area contributed by atoms with Crippen LogP contribution in [0.1, 0.15) is 37.2 Å². The van der Waals surface area contributed by atoms with Gasteiger partial charge in [-0.25, -0.2) is 0 Å². The number of nitrogens with two attached hydrogens (primary N) is 1. The van der Waals surface area contributed by atoms with Crippen LogP contribution in [0.5, 0.6) is 5.75 Å². The van der Waals surface area contributed by atoms with Crippen LogP contribution in [0.4, 0.5) is 0 Å². The Hall–Kier alpha value is -1.26. The van der Waals surface area contributed by atoms with E-state index in [0.717, 1.165) is 30.6 Å². The summed E-state index contributed by atoms with van der Waals surface area (Å²) in [6.07, 6.45) is 3.93. The first-order valence-corrected chi connectivity index (χ1v) is 6.96. The molecule has 1 heterocycles. The van der Waals surface area contributed by atoms with E-state index in [0.29, 0.717) is 13.2 Å². The van der Waals surface area contributed by atoms with Gasteiger partial charge in [-0.1, -0.05) is 18.2 Å². The first kappa shape index (κ1) is 15.1. The number of benzene rings is 1. The van der Waals surface area contributed by atoms with Crippen LogP contribution in [0.25, 0.3) is 0 Å². The van der Waals surface area contributed by atoms with Gasteiger partial charge in [0.2, 0.25) is 5.91 Å². The van der Waals surface area contributed by atoms with Gasteiger partial charge in [-0.15, -0.1) is 12.4 Å². The Morgan fingerprint density at radius 3 is 2.85 bits per heavy atom. The summed E-state index contributed by atoms with van der Waals surface area (Å²) in [4.78, 5) is 12.3. The fraction of sp³-hybridized carbons (Fsp3) is 0.533. The van der Waals surface area contributed by atoms with Crippen molar-refractivity contribution in [2.24, 2.45) is 5.73 Å². The lowest BCUT2D eigenvalue weighted by Crippen LogP contribution is -2.55. The highest BCUT2D eigenvalue weighted by molar-refractivity contribution is 5.85. The first-order chi connectivity index (χ1) is 9.18. The Morgan fingerprint density at radius 1 is 1.40 bits per heavy atom. The van der Waals surface area contributed by atoms with E-state index in [1.54, 1.807) is 0 Å². The van der Waals surface area contributed by atoms with E-state index in [-0.39, 0.29) is 29.8 Å². The van der Waals surface area contributed by atoms with Gasteiger partial charge in [0.15, 0.2) is 0 Å². The molecule has 1 aliphatic heterocycles. The van der Waals surface area contributed by atoms with Gasteiger partial charge in [-0.3, -0.25) is 4.79 Å². The van der Waals surface area contributed by atoms with Crippen molar-refractivity contribution in [2.45, 2.75) is 37.1 Å². The summed E-state index contributed by atoms with van der Waals surface area (Å²) >= 11 is 0. The number of carbonyl (C=O) groups excluding carboxylic acids is 1. The number of fused-ring (bicyclic) bond motifs is 1. The quantitative estimate of drug-likeness (QED) is 0.896. The Morgan fingerprint density at radius 2 is 2.15 bits per heavy atom. The Labute approximate surface area is 125 Å². The highest BCUT2D eigenvalue weighted by atomic mass is 35.5. The van der Waals surface area contributed by atoms with Gasteiger partial charge in [0.05, 0.1) is 12.5 Å². The lowest BCUT2D eigenvalue weighted by molar-refractivity contribution is -0.123. The van der Waals surface area contributed by atoms with E-state index >= 15 is 0 Å². The van der Waals surface area contributed by atoms with E-state index in [4.69, 9.17) is 10.5 Å². The third-order valence-corrected chi connectivity index (χ3v) is 4.24. The molecule has 1 saturated carbocycles. The molecule has 3 rings (SSSR count). The maximum absolute atomic E-state index is 12.3. The summed E-state index contributed by atoms with van der Waals surface area (Å²) in [5.41, 5.74) is 6.96. The van der Waals surface area contributed by atoms with Crippen LogP contribution in [0.2, 0.25) is 0 Å². The highest BCUT2D eigenvalue weighted by Crippen LogP contribution is 2.34. The molecule has 1 atom stereocenters. The van der Waals surface area contributed by atoms with Crippen LogP contribution in [-0.4, -0.2) is 24.6 Å². The van der Waals surface area contributed by atoms with Crippen molar-refractivity contribution in [3.8, 4) is 5.75 Å². The van der Waals surface area contributed by atoms with Gasteiger partial charge >= 0.3 is 0 Å². The van der Waals surface area contributed by atoms with Crippen LogP contribution in [0.15, 0.2) is 24.3 Å². The predicted octanol–water partition coefficient (Wildman–Crippen LogP) is 1.97. The molecule has 110 valence electrons. The third kappa shape index (κ3) is 2.91. The smallest absolute Gasteiger partial charge is 0.227 e. The van der Waals surface area contributed by atoms with E-state index in [2.05, 4.69) is 5.32 Å². The predicted molar refractivity (Wildman–Crippen MR) is 80.3 cm³/mol. The van der Waals surface area contributed by atoms with Crippen LogP contribution in [-0.2, 0) is 4.79 Å². The highest BCUT2D eigenvalue weighted by Gasteiger charge is 2.34. The zero-order chi connectivity index (χ0) is 13.3. The Balaban J connectivity index is 0.00000147. The zero-order valence-electron chi connectivity index (χ0n) is 11.4. The second-order valence-corrected chi connectivity index (χ2v) is 5.66. The molecule has 0 aromatic heterocycles. The monoisotopic (exact) mass is 296 g/mol. The van der Waals surface area contributed by atoms with Crippen LogP contribution in [0.3, 0.4) is 0 Å². The van der Waals surface area contributed by atoms with E-state index < -0.39 is 0 Å². The molecular formula is C15H21ClN2O2. The summed E-state index contributed by atoms with van der Waals surface area (Å²) in [6, 6.07) is 7.78. The molecule has 1 aromatic rings. The number of hydrogen-bond donors (Lipinski definition) is 2. The average molecular weight is 297 g/mol. The second-order valence-electron chi connectivity index (χ2n) is 5.66. The van der Waals surface area contributed by atoms with E-state index in [9.17, 15) is 4.79 Å². The van der Waals surface area contributed by atoms with Crippen molar-refractivity contribution in [3.05, 3.63) is 29.8 Å². The molecule has 0 bridgehead atoms. The molecular weight excluding hydrogens is 276 g/mol. The van der Waals surface area contributed by atoms with Gasteiger partial charge in [0.1, 0.15) is 5.75 Å². The molecule has 3 N–H and O–H groups in total. The zero-order valence-corrected chi connectivity index (χ0v) is 12.2. The summed E-state index contributed by atoms with van der Waals surface area (Å²) in [6.45, 7) is 1.19. The number of para-hydroxylation sites is 1. The second kappa shape index (κ2) is 6.02. The molecule has 4 nitrogen and oxygen atoms in total. The number of rotatable bonds is 3. The van der Waals surface area contributed by atoms with Crippen molar-refractivity contribution >= 4 is 18.3 Å². The molecule has 1 amide bonds. The van der Waals surface area contributed by atoms with Crippen LogP contribution < -0.4 is 15.8 Å². The van der Waals surface area contributed by atoms with Gasteiger partial charge in [-0.05, 0) is 31.7 Å². The molecule has 0 saturated heterocycles. The number of nitrogens with one attached hydrogen (secondary N) is 1.